The Labute approximate surface area is 123 Å². The third kappa shape index (κ3) is 2.38. The van der Waals surface area contributed by atoms with Crippen molar-refractivity contribution in [3.05, 3.63) is 47.5 Å². The van der Waals surface area contributed by atoms with Gasteiger partial charge in [-0.3, -0.25) is 0 Å². The van der Waals surface area contributed by atoms with Gasteiger partial charge in [-0.05, 0) is 54.7 Å². The normalized spacial score (nSPS) is 14.0. The average molecular weight is 304 g/mol. The summed E-state index contributed by atoms with van der Waals surface area (Å²) in [5, 5.41) is 9.46. The van der Waals surface area contributed by atoms with E-state index in [4.69, 9.17) is 4.74 Å². The first kappa shape index (κ1) is 13.9. The molecule has 1 aliphatic rings. The molecular weight excluding hydrogens is 288 g/mol. The Morgan fingerprint density at radius 3 is 2.57 bits per heavy atom. The molecule has 0 spiro atoms. The number of hydrogen-bond acceptors (Lipinski definition) is 4. The predicted octanol–water partition coefficient (Wildman–Crippen LogP) is 2.72. The second-order valence-corrected chi connectivity index (χ2v) is 7.04. The fraction of sp³-hybridized carbons (Fsp3) is 0.250. The Hall–Kier alpha value is -2.01. The van der Waals surface area contributed by atoms with E-state index in [0.29, 0.717) is 0 Å². The predicted molar refractivity (Wildman–Crippen MR) is 78.6 cm³/mol. The molecule has 21 heavy (non-hydrogen) atoms. The van der Waals surface area contributed by atoms with Gasteiger partial charge < -0.3 is 9.84 Å². The molecule has 0 amide bonds. The van der Waals surface area contributed by atoms with E-state index in [-0.39, 0.29) is 21.3 Å². The minimum atomic E-state index is -3.66. The minimum absolute atomic E-state index is 0.0280. The van der Waals surface area contributed by atoms with E-state index in [0.717, 1.165) is 24.8 Å². The smallest absolute Gasteiger partial charge is 0.210 e. The Balaban J connectivity index is 2.13. The molecule has 0 radical (unpaired) electrons. The fourth-order valence-corrected chi connectivity index (χ4v) is 4.17. The van der Waals surface area contributed by atoms with E-state index < -0.39 is 9.84 Å². The lowest BCUT2D eigenvalue weighted by Crippen LogP contribution is -2.05. The van der Waals surface area contributed by atoms with Crippen molar-refractivity contribution in [2.24, 2.45) is 0 Å². The van der Waals surface area contributed by atoms with Crippen LogP contribution in [0.2, 0.25) is 0 Å². The van der Waals surface area contributed by atoms with Crippen molar-refractivity contribution in [2.45, 2.75) is 29.1 Å². The number of aromatic hydroxyl groups is 1. The summed E-state index contributed by atoms with van der Waals surface area (Å²) in [6.45, 7) is 0. The Morgan fingerprint density at radius 1 is 1.05 bits per heavy atom. The molecular formula is C16H16O4S. The highest BCUT2D eigenvalue weighted by Crippen LogP contribution is 2.34. The molecule has 4 nitrogen and oxygen atoms in total. The van der Waals surface area contributed by atoms with Crippen LogP contribution in [0.5, 0.6) is 11.5 Å². The van der Waals surface area contributed by atoms with Gasteiger partial charge in [-0.1, -0.05) is 6.07 Å². The van der Waals surface area contributed by atoms with Gasteiger partial charge in [0.1, 0.15) is 16.4 Å². The Bertz CT molecular complexity index is 794. The number of phenols is 1. The van der Waals surface area contributed by atoms with Crippen molar-refractivity contribution < 1.29 is 18.3 Å². The van der Waals surface area contributed by atoms with Crippen LogP contribution in [0.15, 0.2) is 46.2 Å². The van der Waals surface area contributed by atoms with Crippen LogP contribution in [-0.2, 0) is 22.7 Å². The zero-order valence-electron chi connectivity index (χ0n) is 11.7. The molecule has 5 heteroatoms. The van der Waals surface area contributed by atoms with Gasteiger partial charge in [0.2, 0.25) is 9.84 Å². The standard InChI is InChI=1S/C16H16O4S/c1-20-15-10-13(17)6-8-16(15)21(18,19)14-7-5-11-3-2-4-12(11)9-14/h5-10,17H,2-4H2,1H3. The summed E-state index contributed by atoms with van der Waals surface area (Å²) in [6, 6.07) is 9.32. The van der Waals surface area contributed by atoms with Crippen molar-refractivity contribution in [1.29, 1.82) is 0 Å². The lowest BCUT2D eigenvalue weighted by atomic mass is 10.1. The molecule has 0 atom stereocenters. The number of sulfone groups is 1. The number of benzene rings is 2. The maximum absolute atomic E-state index is 12.8. The SMILES string of the molecule is COc1cc(O)ccc1S(=O)(=O)c1ccc2c(c1)CCC2. The van der Waals surface area contributed by atoms with Gasteiger partial charge in [0.15, 0.2) is 0 Å². The molecule has 0 fully saturated rings. The first-order valence-corrected chi connectivity index (χ1v) is 8.24. The van der Waals surface area contributed by atoms with Gasteiger partial charge in [0.05, 0.1) is 12.0 Å². The monoisotopic (exact) mass is 304 g/mol. The van der Waals surface area contributed by atoms with Crippen molar-refractivity contribution in [3.8, 4) is 11.5 Å². The molecule has 2 aromatic rings. The summed E-state index contributed by atoms with van der Waals surface area (Å²) in [7, 11) is -2.27. The van der Waals surface area contributed by atoms with Crippen LogP contribution < -0.4 is 4.74 Å². The molecule has 0 saturated carbocycles. The molecule has 110 valence electrons. The lowest BCUT2D eigenvalue weighted by Gasteiger charge is -2.11. The number of phenolic OH excluding ortho intramolecular Hbond substituents is 1. The molecule has 1 aliphatic carbocycles. The molecule has 0 bridgehead atoms. The van der Waals surface area contributed by atoms with E-state index in [2.05, 4.69) is 0 Å². The molecule has 3 rings (SSSR count). The number of methoxy groups -OCH3 is 1. The Morgan fingerprint density at radius 2 is 1.81 bits per heavy atom. The minimum Gasteiger partial charge on any atom is -0.508 e. The molecule has 0 aromatic heterocycles. The lowest BCUT2D eigenvalue weighted by molar-refractivity contribution is 0.396. The van der Waals surface area contributed by atoms with Crippen LogP contribution in [0.25, 0.3) is 0 Å². The first-order valence-electron chi connectivity index (χ1n) is 6.76. The third-order valence-corrected chi connectivity index (χ3v) is 5.61. The van der Waals surface area contributed by atoms with Crippen LogP contribution in [0.4, 0.5) is 0 Å². The number of aryl methyl sites for hydroxylation is 2. The van der Waals surface area contributed by atoms with E-state index in [1.54, 1.807) is 12.1 Å². The Kier molecular flexibility index (Phi) is 3.37. The van der Waals surface area contributed by atoms with Crippen molar-refractivity contribution in [3.63, 3.8) is 0 Å². The largest absolute Gasteiger partial charge is 0.508 e. The molecule has 0 heterocycles. The quantitative estimate of drug-likeness (QED) is 0.947. The highest BCUT2D eigenvalue weighted by molar-refractivity contribution is 7.91. The number of rotatable bonds is 3. The molecule has 1 N–H and O–H groups in total. The summed E-state index contributed by atoms with van der Waals surface area (Å²) < 4.78 is 30.6. The second kappa shape index (κ2) is 5.07. The number of hydrogen-bond donors (Lipinski definition) is 1. The summed E-state index contributed by atoms with van der Waals surface area (Å²) in [5.41, 5.74) is 2.33. The summed E-state index contributed by atoms with van der Waals surface area (Å²) in [4.78, 5) is 0.341. The highest BCUT2D eigenvalue weighted by atomic mass is 32.2. The fourth-order valence-electron chi connectivity index (χ4n) is 2.72. The van der Waals surface area contributed by atoms with Gasteiger partial charge in [-0.2, -0.15) is 0 Å². The van der Waals surface area contributed by atoms with Crippen molar-refractivity contribution >= 4 is 9.84 Å². The second-order valence-electron chi connectivity index (χ2n) is 5.12. The van der Waals surface area contributed by atoms with Crippen LogP contribution in [0.1, 0.15) is 17.5 Å². The van der Waals surface area contributed by atoms with Crippen LogP contribution in [-0.4, -0.2) is 20.6 Å². The van der Waals surface area contributed by atoms with E-state index in [9.17, 15) is 13.5 Å². The van der Waals surface area contributed by atoms with Gasteiger partial charge in [-0.25, -0.2) is 8.42 Å². The maximum atomic E-state index is 12.8. The molecule has 0 saturated heterocycles. The van der Waals surface area contributed by atoms with Gasteiger partial charge >= 0.3 is 0 Å². The van der Waals surface area contributed by atoms with Gasteiger partial charge in [0.25, 0.3) is 0 Å². The van der Waals surface area contributed by atoms with E-state index in [1.165, 1.54) is 30.9 Å². The number of ether oxygens (including phenoxy) is 1. The summed E-state index contributed by atoms with van der Waals surface area (Å²) in [5.74, 6) is 0.121. The summed E-state index contributed by atoms with van der Waals surface area (Å²) >= 11 is 0. The third-order valence-electron chi connectivity index (χ3n) is 3.82. The van der Waals surface area contributed by atoms with E-state index in [1.807, 2.05) is 6.07 Å². The zero-order chi connectivity index (χ0) is 15.0. The van der Waals surface area contributed by atoms with Crippen molar-refractivity contribution in [1.82, 2.24) is 0 Å². The van der Waals surface area contributed by atoms with Crippen LogP contribution in [0, 0.1) is 0 Å². The average Bonchev–Trinajstić information content (AvgIpc) is 2.94. The number of fused-ring (bicyclic) bond motifs is 1. The zero-order valence-corrected chi connectivity index (χ0v) is 12.5. The first-order chi connectivity index (χ1) is 10.0. The van der Waals surface area contributed by atoms with Crippen LogP contribution in [0.3, 0.4) is 0 Å². The van der Waals surface area contributed by atoms with Crippen molar-refractivity contribution in [2.75, 3.05) is 7.11 Å². The van der Waals surface area contributed by atoms with Crippen LogP contribution >= 0.6 is 0 Å². The summed E-state index contributed by atoms with van der Waals surface area (Å²) in [6.07, 6.45) is 3.00. The van der Waals surface area contributed by atoms with E-state index >= 15 is 0 Å². The van der Waals surface area contributed by atoms with Gasteiger partial charge in [-0.15, -0.1) is 0 Å². The maximum Gasteiger partial charge on any atom is 0.210 e. The molecule has 0 unspecified atom stereocenters. The topological polar surface area (TPSA) is 63.6 Å². The highest BCUT2D eigenvalue weighted by Gasteiger charge is 2.24. The molecule has 2 aromatic carbocycles. The molecule has 0 aliphatic heterocycles. The van der Waals surface area contributed by atoms with Gasteiger partial charge in [0, 0.05) is 6.07 Å².